The average Bonchev–Trinajstić information content (AvgIpc) is 2.56. The zero-order chi connectivity index (χ0) is 20.4. The van der Waals surface area contributed by atoms with Gasteiger partial charge in [-0.3, -0.25) is 4.79 Å². The third-order valence-electron chi connectivity index (χ3n) is 4.74. The van der Waals surface area contributed by atoms with Gasteiger partial charge in [0.1, 0.15) is 16.5 Å². The summed E-state index contributed by atoms with van der Waals surface area (Å²) in [5.41, 5.74) is 0. The summed E-state index contributed by atoms with van der Waals surface area (Å²) in [5.74, 6) is -1.74. The van der Waals surface area contributed by atoms with Crippen molar-refractivity contribution in [2.45, 2.75) is 44.7 Å². The summed E-state index contributed by atoms with van der Waals surface area (Å²) in [6.07, 6.45) is 0. The highest BCUT2D eigenvalue weighted by atomic mass is 32.2. The van der Waals surface area contributed by atoms with E-state index < -0.39 is 26.6 Å². The van der Waals surface area contributed by atoms with Crippen molar-refractivity contribution in [3.63, 3.8) is 0 Å². The fraction of sp³-hybridized carbons (Fsp3) is 0.611. The van der Waals surface area contributed by atoms with Crippen LogP contribution in [0.15, 0.2) is 23.1 Å². The normalized spacial score (nSPS) is 16.9. The summed E-state index contributed by atoms with van der Waals surface area (Å²) < 4.78 is 53.6. The molecule has 0 atom stereocenters. The lowest BCUT2D eigenvalue weighted by Gasteiger charge is -2.35. The Morgan fingerprint density at radius 1 is 1.15 bits per heavy atom. The SMILES string of the molecule is CC(C)N(C(=O)C[NH+]1CCN(S(=O)(=O)c2cc(F)ccc2F)CC1)C(C)C. The van der Waals surface area contributed by atoms with E-state index in [0.29, 0.717) is 25.7 Å². The summed E-state index contributed by atoms with van der Waals surface area (Å²) in [4.78, 5) is 14.7. The lowest BCUT2D eigenvalue weighted by atomic mass is 10.2. The molecule has 1 aromatic rings. The van der Waals surface area contributed by atoms with Crippen molar-refractivity contribution in [3.05, 3.63) is 29.8 Å². The van der Waals surface area contributed by atoms with E-state index in [1.165, 1.54) is 0 Å². The molecule has 1 saturated heterocycles. The fourth-order valence-corrected chi connectivity index (χ4v) is 5.03. The molecule has 27 heavy (non-hydrogen) atoms. The first-order valence-corrected chi connectivity index (χ1v) is 10.6. The Morgan fingerprint density at radius 3 is 2.22 bits per heavy atom. The van der Waals surface area contributed by atoms with Gasteiger partial charge in [-0.1, -0.05) is 0 Å². The number of nitrogens with one attached hydrogen (secondary N) is 1. The van der Waals surface area contributed by atoms with Crippen LogP contribution in [-0.2, 0) is 14.8 Å². The highest BCUT2D eigenvalue weighted by molar-refractivity contribution is 7.89. The molecule has 1 N–H and O–H groups in total. The minimum absolute atomic E-state index is 0.0301. The number of hydrogen-bond donors (Lipinski definition) is 1. The first-order valence-electron chi connectivity index (χ1n) is 9.14. The first-order chi connectivity index (χ1) is 12.5. The quantitative estimate of drug-likeness (QED) is 0.751. The highest BCUT2D eigenvalue weighted by Gasteiger charge is 2.34. The number of rotatable bonds is 6. The Labute approximate surface area is 159 Å². The molecule has 1 aliphatic rings. The minimum Gasteiger partial charge on any atom is -0.333 e. The molecule has 6 nitrogen and oxygen atoms in total. The van der Waals surface area contributed by atoms with Crippen LogP contribution in [0.2, 0.25) is 0 Å². The number of benzene rings is 1. The van der Waals surface area contributed by atoms with E-state index in [0.717, 1.165) is 21.3 Å². The van der Waals surface area contributed by atoms with Crippen LogP contribution < -0.4 is 4.90 Å². The van der Waals surface area contributed by atoms with Crippen molar-refractivity contribution in [3.8, 4) is 0 Å². The van der Waals surface area contributed by atoms with Gasteiger partial charge in [-0.25, -0.2) is 17.2 Å². The fourth-order valence-electron chi connectivity index (χ4n) is 3.51. The van der Waals surface area contributed by atoms with Gasteiger partial charge in [0.25, 0.3) is 5.91 Å². The minimum atomic E-state index is -4.10. The van der Waals surface area contributed by atoms with Gasteiger partial charge in [0.2, 0.25) is 10.0 Å². The van der Waals surface area contributed by atoms with Crippen molar-refractivity contribution in [1.29, 1.82) is 0 Å². The molecule has 1 amide bonds. The van der Waals surface area contributed by atoms with E-state index in [9.17, 15) is 22.0 Å². The Bertz CT molecular complexity index is 768. The molecular weight excluding hydrogens is 376 g/mol. The Morgan fingerprint density at radius 2 is 1.70 bits per heavy atom. The number of carbonyl (C=O) groups is 1. The molecule has 9 heteroatoms. The van der Waals surface area contributed by atoms with Crippen LogP contribution in [0, 0.1) is 11.6 Å². The largest absolute Gasteiger partial charge is 0.333 e. The molecule has 0 spiro atoms. The smallest absolute Gasteiger partial charge is 0.278 e. The number of sulfonamides is 1. The van der Waals surface area contributed by atoms with Gasteiger partial charge in [-0.15, -0.1) is 0 Å². The van der Waals surface area contributed by atoms with Crippen LogP contribution in [0.4, 0.5) is 8.78 Å². The molecule has 0 unspecified atom stereocenters. The molecule has 0 aliphatic carbocycles. The van der Waals surface area contributed by atoms with E-state index >= 15 is 0 Å². The van der Waals surface area contributed by atoms with Crippen LogP contribution in [0.25, 0.3) is 0 Å². The maximum absolute atomic E-state index is 13.9. The van der Waals surface area contributed by atoms with Crippen LogP contribution in [0.3, 0.4) is 0 Å². The molecule has 1 heterocycles. The second-order valence-corrected chi connectivity index (χ2v) is 9.30. The number of halogens is 2. The molecule has 0 radical (unpaired) electrons. The van der Waals surface area contributed by atoms with Gasteiger partial charge in [0.15, 0.2) is 6.54 Å². The molecule has 1 aliphatic heterocycles. The zero-order valence-electron chi connectivity index (χ0n) is 16.2. The summed E-state index contributed by atoms with van der Waals surface area (Å²) in [6, 6.07) is 2.59. The van der Waals surface area contributed by atoms with Gasteiger partial charge in [-0.2, -0.15) is 4.31 Å². The maximum atomic E-state index is 13.9. The van der Waals surface area contributed by atoms with Crippen molar-refractivity contribution in [1.82, 2.24) is 9.21 Å². The van der Waals surface area contributed by atoms with Gasteiger partial charge in [0.05, 0.1) is 26.2 Å². The second kappa shape index (κ2) is 8.62. The molecule has 1 fully saturated rings. The predicted molar refractivity (Wildman–Crippen MR) is 97.8 cm³/mol. The van der Waals surface area contributed by atoms with Crippen molar-refractivity contribution >= 4 is 15.9 Å². The summed E-state index contributed by atoms with van der Waals surface area (Å²) >= 11 is 0. The lowest BCUT2D eigenvalue weighted by Crippen LogP contribution is -3.15. The van der Waals surface area contributed by atoms with E-state index in [1.807, 2.05) is 32.6 Å². The lowest BCUT2D eigenvalue weighted by molar-refractivity contribution is -0.896. The van der Waals surface area contributed by atoms with E-state index in [1.54, 1.807) is 0 Å². The molecule has 2 rings (SSSR count). The van der Waals surface area contributed by atoms with Crippen LogP contribution in [0.1, 0.15) is 27.7 Å². The average molecular weight is 405 g/mol. The van der Waals surface area contributed by atoms with E-state index in [4.69, 9.17) is 0 Å². The summed E-state index contributed by atoms with van der Waals surface area (Å²) in [6.45, 7) is 9.33. The first kappa shape index (κ1) is 21.7. The second-order valence-electron chi connectivity index (χ2n) is 7.39. The molecule has 0 saturated carbocycles. The zero-order valence-corrected chi connectivity index (χ0v) is 17.0. The van der Waals surface area contributed by atoms with Gasteiger partial charge in [-0.05, 0) is 45.9 Å². The molecule has 0 bridgehead atoms. The van der Waals surface area contributed by atoms with Gasteiger partial charge < -0.3 is 9.80 Å². The monoisotopic (exact) mass is 404 g/mol. The molecule has 152 valence electrons. The Kier molecular flexibility index (Phi) is 6.93. The Balaban J connectivity index is 2.02. The highest BCUT2D eigenvalue weighted by Crippen LogP contribution is 2.20. The summed E-state index contributed by atoms with van der Waals surface area (Å²) in [5, 5.41) is 0. The topological polar surface area (TPSA) is 62.1 Å². The number of carbonyl (C=O) groups excluding carboxylic acids is 1. The van der Waals surface area contributed by atoms with Crippen LogP contribution in [0.5, 0.6) is 0 Å². The third-order valence-corrected chi connectivity index (χ3v) is 6.66. The van der Waals surface area contributed by atoms with Gasteiger partial charge in [0, 0.05) is 12.1 Å². The standard InChI is InChI=1S/C18H27F2N3O3S/c1-13(2)23(14(3)4)18(24)12-21-7-9-22(10-8-21)27(25,26)17-11-15(19)5-6-16(17)20/h5-6,11,13-14H,7-10,12H2,1-4H3/p+1. The predicted octanol–water partition coefficient (Wildman–Crippen LogP) is 0.499. The van der Waals surface area contributed by atoms with E-state index in [2.05, 4.69) is 0 Å². The number of nitrogens with zero attached hydrogens (tertiary/aromatic N) is 2. The number of quaternary nitrogens is 1. The van der Waals surface area contributed by atoms with Crippen molar-refractivity contribution in [2.24, 2.45) is 0 Å². The van der Waals surface area contributed by atoms with Crippen molar-refractivity contribution in [2.75, 3.05) is 32.7 Å². The number of piperazine rings is 1. The maximum Gasteiger partial charge on any atom is 0.278 e. The number of hydrogen-bond acceptors (Lipinski definition) is 3. The van der Waals surface area contributed by atoms with Crippen LogP contribution in [-0.4, -0.2) is 68.3 Å². The third kappa shape index (κ3) is 5.03. The number of amides is 1. The molecule has 0 aromatic heterocycles. The molecule has 1 aromatic carbocycles. The van der Waals surface area contributed by atoms with E-state index in [-0.39, 0.29) is 31.1 Å². The summed E-state index contributed by atoms with van der Waals surface area (Å²) in [7, 11) is -4.10. The Hall–Kier alpha value is -1.58. The van der Waals surface area contributed by atoms with Gasteiger partial charge >= 0.3 is 0 Å². The van der Waals surface area contributed by atoms with Crippen molar-refractivity contribution < 1.29 is 26.9 Å². The van der Waals surface area contributed by atoms with Crippen LogP contribution >= 0.6 is 0 Å². The molecular formula is C18H28F2N3O3S+.